The first-order valence-corrected chi connectivity index (χ1v) is 11.3. The van der Waals surface area contributed by atoms with E-state index in [1.165, 1.54) is 31.2 Å². The lowest BCUT2D eigenvalue weighted by Crippen LogP contribution is -2.39. The molecule has 0 atom stereocenters. The molecule has 2 aliphatic rings. The second kappa shape index (κ2) is 10.5. The van der Waals surface area contributed by atoms with Crippen LogP contribution in [0.25, 0.3) is 0 Å². The van der Waals surface area contributed by atoms with Crippen LogP contribution < -0.4 is 21.7 Å². The minimum absolute atomic E-state index is 0.376. The second-order valence-electron chi connectivity index (χ2n) is 8.33. The van der Waals surface area contributed by atoms with Gasteiger partial charge in [0.25, 0.3) is 0 Å². The van der Waals surface area contributed by atoms with Crippen LogP contribution in [0.4, 0.5) is 17.8 Å². The summed E-state index contributed by atoms with van der Waals surface area (Å²) in [5, 5.41) is 10.2. The molecule has 4 rings (SSSR count). The normalized spacial score (nSPS) is 18.4. The number of hydrogen-bond donors (Lipinski definition) is 4. The molecule has 2 aromatic rings. The smallest absolute Gasteiger partial charge is 0.229 e. The molecule has 30 heavy (non-hydrogen) atoms. The number of hydrogen-bond acceptors (Lipinski definition) is 8. The van der Waals surface area contributed by atoms with E-state index >= 15 is 0 Å². The first-order chi connectivity index (χ1) is 14.8. The van der Waals surface area contributed by atoms with Crippen molar-refractivity contribution >= 4 is 17.8 Å². The van der Waals surface area contributed by atoms with Gasteiger partial charge in [-0.1, -0.05) is 43.2 Å². The molecule has 8 heteroatoms. The zero-order chi connectivity index (χ0) is 20.6. The van der Waals surface area contributed by atoms with E-state index in [9.17, 15) is 0 Å². The molecule has 162 valence electrons. The van der Waals surface area contributed by atoms with Crippen LogP contribution in [0.15, 0.2) is 30.3 Å². The first-order valence-electron chi connectivity index (χ1n) is 11.3. The molecule has 1 aromatic carbocycles. The molecule has 0 radical (unpaired) electrons. The molecule has 5 N–H and O–H groups in total. The molecule has 8 nitrogen and oxygen atoms in total. The van der Waals surface area contributed by atoms with E-state index in [1.54, 1.807) is 0 Å². The fourth-order valence-corrected chi connectivity index (χ4v) is 4.28. The van der Waals surface area contributed by atoms with E-state index in [1.807, 2.05) is 0 Å². The molecule has 0 spiro atoms. The van der Waals surface area contributed by atoms with Crippen LogP contribution in [-0.2, 0) is 6.54 Å². The molecule has 0 bridgehead atoms. The summed E-state index contributed by atoms with van der Waals surface area (Å²) >= 11 is 0. The molecule has 1 aromatic heterocycles. The quantitative estimate of drug-likeness (QED) is 0.500. The molecule has 2 fully saturated rings. The lowest BCUT2D eigenvalue weighted by atomic mass is 10.0. The lowest BCUT2D eigenvalue weighted by Gasteiger charge is -2.32. The van der Waals surface area contributed by atoms with Crippen LogP contribution in [0.1, 0.15) is 44.1 Å². The average molecular weight is 411 g/mol. The summed E-state index contributed by atoms with van der Waals surface area (Å²) < 4.78 is 0. The van der Waals surface area contributed by atoms with E-state index in [0.717, 1.165) is 32.5 Å². The largest absolute Gasteiger partial charge is 0.353 e. The molecule has 0 amide bonds. The molecular weight excluding hydrogens is 376 g/mol. The Hall–Kier alpha value is -2.45. The van der Waals surface area contributed by atoms with Gasteiger partial charge in [-0.05, 0) is 31.2 Å². The topological polar surface area (TPSA) is 104 Å². The molecule has 2 heterocycles. The van der Waals surface area contributed by atoms with E-state index in [0.29, 0.717) is 43.0 Å². The van der Waals surface area contributed by atoms with Crippen molar-refractivity contribution in [3.05, 3.63) is 35.9 Å². The summed E-state index contributed by atoms with van der Waals surface area (Å²) in [5.41, 5.74) is 7.01. The Morgan fingerprint density at radius 3 is 2.07 bits per heavy atom. The zero-order valence-corrected chi connectivity index (χ0v) is 17.7. The maximum atomic E-state index is 5.63. The van der Waals surface area contributed by atoms with Gasteiger partial charge in [-0.15, -0.1) is 0 Å². The third-order valence-corrected chi connectivity index (χ3v) is 5.92. The van der Waals surface area contributed by atoms with Crippen molar-refractivity contribution < 1.29 is 0 Å². The Labute approximate surface area is 179 Å². The summed E-state index contributed by atoms with van der Waals surface area (Å²) in [4.78, 5) is 16.3. The Morgan fingerprint density at radius 2 is 1.43 bits per heavy atom. The van der Waals surface area contributed by atoms with Gasteiger partial charge < -0.3 is 21.7 Å². The van der Waals surface area contributed by atoms with Crippen LogP contribution in [-0.4, -0.2) is 58.1 Å². The minimum Gasteiger partial charge on any atom is -0.353 e. The van der Waals surface area contributed by atoms with Gasteiger partial charge in [-0.25, -0.2) is 0 Å². The predicted octanol–water partition coefficient (Wildman–Crippen LogP) is 2.67. The summed E-state index contributed by atoms with van der Waals surface area (Å²) in [6.07, 6.45) is 7.06. The maximum absolute atomic E-state index is 5.63. The highest BCUT2D eigenvalue weighted by Crippen LogP contribution is 2.22. The van der Waals surface area contributed by atoms with E-state index < -0.39 is 0 Å². The highest BCUT2D eigenvalue weighted by molar-refractivity contribution is 5.43. The predicted molar refractivity (Wildman–Crippen MR) is 122 cm³/mol. The van der Waals surface area contributed by atoms with Crippen LogP contribution in [0.2, 0.25) is 0 Å². The van der Waals surface area contributed by atoms with Crippen molar-refractivity contribution in [1.82, 2.24) is 19.9 Å². The van der Waals surface area contributed by atoms with Gasteiger partial charge in [0.05, 0.1) is 0 Å². The van der Waals surface area contributed by atoms with Crippen molar-refractivity contribution in [3.63, 3.8) is 0 Å². The van der Waals surface area contributed by atoms with Crippen molar-refractivity contribution in [2.24, 2.45) is 5.73 Å². The molecule has 1 saturated heterocycles. The minimum atomic E-state index is 0.376. The molecule has 1 saturated carbocycles. The van der Waals surface area contributed by atoms with Crippen molar-refractivity contribution in [3.8, 4) is 0 Å². The van der Waals surface area contributed by atoms with Crippen molar-refractivity contribution in [1.29, 1.82) is 0 Å². The fraction of sp³-hybridized carbons (Fsp3) is 0.591. The van der Waals surface area contributed by atoms with Gasteiger partial charge in [-0.3, -0.25) is 4.90 Å². The summed E-state index contributed by atoms with van der Waals surface area (Å²) in [6, 6.07) is 11.5. The fourth-order valence-electron chi connectivity index (χ4n) is 4.28. The lowest BCUT2D eigenvalue weighted by molar-refractivity contribution is 0.211. The Morgan fingerprint density at radius 1 is 0.833 bits per heavy atom. The summed E-state index contributed by atoms with van der Waals surface area (Å²) in [6.45, 7) is 4.35. The highest BCUT2D eigenvalue weighted by atomic mass is 15.3. The van der Waals surface area contributed by atoms with Crippen LogP contribution >= 0.6 is 0 Å². The Bertz CT molecular complexity index is 770. The van der Waals surface area contributed by atoms with Gasteiger partial charge >= 0.3 is 0 Å². The number of benzene rings is 1. The average Bonchev–Trinajstić information content (AvgIpc) is 3.27. The van der Waals surface area contributed by atoms with E-state index in [2.05, 4.69) is 66.1 Å². The standard InChI is InChI=1S/C22H34N8/c23-12-13-24-20-27-21(25-18-8-4-5-9-18)29-22(28-20)26-19-10-14-30(15-11-19)16-17-6-2-1-3-7-17/h1-3,6-7,18-19H,4-5,8-16,23H2,(H3,24,25,26,27,28,29). The zero-order valence-electron chi connectivity index (χ0n) is 17.7. The number of piperidine rings is 1. The number of nitrogens with zero attached hydrogens (tertiary/aromatic N) is 4. The number of aromatic nitrogens is 3. The van der Waals surface area contributed by atoms with Crippen LogP contribution in [0.5, 0.6) is 0 Å². The van der Waals surface area contributed by atoms with Gasteiger partial charge in [0.2, 0.25) is 17.8 Å². The molecule has 0 unspecified atom stereocenters. The van der Waals surface area contributed by atoms with Gasteiger partial charge in [-0.2, -0.15) is 15.0 Å². The van der Waals surface area contributed by atoms with Gasteiger partial charge in [0, 0.05) is 44.8 Å². The number of likely N-dealkylation sites (tertiary alicyclic amines) is 1. The molecule has 1 aliphatic carbocycles. The number of rotatable bonds is 9. The third kappa shape index (κ3) is 6.03. The van der Waals surface area contributed by atoms with E-state index in [-0.39, 0.29) is 0 Å². The van der Waals surface area contributed by atoms with Crippen LogP contribution in [0, 0.1) is 0 Å². The number of nitrogens with one attached hydrogen (secondary N) is 3. The van der Waals surface area contributed by atoms with Gasteiger partial charge in [0.15, 0.2) is 0 Å². The third-order valence-electron chi connectivity index (χ3n) is 5.92. The summed E-state index contributed by atoms with van der Waals surface area (Å²) in [5.74, 6) is 1.88. The van der Waals surface area contributed by atoms with Crippen molar-refractivity contribution in [2.75, 3.05) is 42.1 Å². The Balaban J connectivity index is 1.34. The SMILES string of the molecule is NCCNc1nc(NC2CCCC2)nc(NC2CCN(Cc3ccccc3)CC2)n1. The maximum Gasteiger partial charge on any atom is 0.229 e. The molecular formula is C22H34N8. The number of anilines is 3. The van der Waals surface area contributed by atoms with Crippen LogP contribution in [0.3, 0.4) is 0 Å². The first kappa shape index (κ1) is 20.8. The van der Waals surface area contributed by atoms with Gasteiger partial charge in [0.1, 0.15) is 0 Å². The molecule has 1 aliphatic heterocycles. The second-order valence-corrected chi connectivity index (χ2v) is 8.33. The highest BCUT2D eigenvalue weighted by Gasteiger charge is 2.21. The monoisotopic (exact) mass is 410 g/mol. The van der Waals surface area contributed by atoms with Crippen molar-refractivity contribution in [2.45, 2.75) is 57.2 Å². The Kier molecular flexibility index (Phi) is 7.31. The summed E-state index contributed by atoms with van der Waals surface area (Å²) in [7, 11) is 0. The number of nitrogens with two attached hydrogens (primary N) is 1. The van der Waals surface area contributed by atoms with E-state index in [4.69, 9.17) is 5.73 Å².